The Kier molecular flexibility index (Phi) is 14.0. The highest BCUT2D eigenvalue weighted by Gasteiger charge is 2.46. The van der Waals surface area contributed by atoms with Gasteiger partial charge < -0.3 is 14.4 Å². The van der Waals surface area contributed by atoms with Gasteiger partial charge in [0.25, 0.3) is 6.71 Å². The van der Waals surface area contributed by atoms with Crippen LogP contribution in [0.1, 0.15) is 79.0 Å². The van der Waals surface area contributed by atoms with Gasteiger partial charge in [-0.1, -0.05) is 281 Å². The Morgan fingerprint density at radius 1 is 0.255 bits per heavy atom. The second-order valence-corrected chi connectivity index (χ2v) is 28.9. The molecule has 2 aliphatic rings. The third-order valence-electron chi connectivity index (χ3n) is 19.8. The zero-order valence-corrected chi connectivity index (χ0v) is 55.2. The maximum atomic E-state index is 2.72. The highest BCUT2D eigenvalue weighted by Crippen LogP contribution is 2.55. The van der Waals surface area contributed by atoms with E-state index in [0.717, 1.165) is 28.1 Å². The van der Waals surface area contributed by atoms with Gasteiger partial charge in [0.05, 0.1) is 22.4 Å². The number of hydrogen-bond acceptors (Lipinski definition) is 2. The van der Waals surface area contributed by atoms with Crippen molar-refractivity contribution in [2.24, 2.45) is 0 Å². The Morgan fingerprint density at radius 3 is 0.968 bits per heavy atom. The molecule has 0 radical (unpaired) electrons. The fourth-order valence-electron chi connectivity index (χ4n) is 14.9. The number of benzene rings is 13. The van der Waals surface area contributed by atoms with Crippen LogP contribution in [-0.2, 0) is 16.2 Å². The van der Waals surface area contributed by atoms with Crippen molar-refractivity contribution in [1.29, 1.82) is 0 Å². The quantitative estimate of drug-likeness (QED) is 0.133. The minimum absolute atomic E-state index is 0.143. The van der Waals surface area contributed by atoms with E-state index in [9.17, 15) is 0 Å². The van der Waals surface area contributed by atoms with E-state index in [2.05, 4.69) is 374 Å². The molecule has 13 aromatic carbocycles. The van der Waals surface area contributed by atoms with E-state index in [1.165, 1.54) is 133 Å². The highest BCUT2D eigenvalue weighted by molar-refractivity contribution is 7.00. The molecule has 0 fully saturated rings. The van der Waals surface area contributed by atoms with Crippen molar-refractivity contribution >= 4 is 79.0 Å². The van der Waals surface area contributed by atoms with Gasteiger partial charge in [-0.2, -0.15) is 0 Å². The summed E-state index contributed by atoms with van der Waals surface area (Å²) < 4.78 is 2.53. The fourth-order valence-corrected chi connectivity index (χ4v) is 14.9. The van der Waals surface area contributed by atoms with E-state index >= 15 is 0 Å². The molecule has 2 aliphatic heterocycles. The summed E-state index contributed by atoms with van der Waals surface area (Å²) in [5.41, 5.74) is 31.6. The summed E-state index contributed by atoms with van der Waals surface area (Å²) in [7, 11) is 0. The molecule has 0 atom stereocenters. The molecule has 3 heterocycles. The summed E-state index contributed by atoms with van der Waals surface area (Å²) in [4.78, 5) is 5.40. The van der Waals surface area contributed by atoms with E-state index in [1.54, 1.807) is 0 Å². The van der Waals surface area contributed by atoms with Crippen LogP contribution in [0, 0.1) is 0 Å². The molecule has 0 saturated carbocycles. The number of hydrogen-bond donors (Lipinski definition) is 0. The SMILES string of the molecule is CC(C)(C)c1cc(-c2ccccc2)c(N2c3ccccc3B3c4ccc(-n5c6ccc(-c7ccccc7)cc6c6cc(-c7ccccc7)ccc65)cc4N(c4c(-c5ccccc5)cc(C(C)(C)C)cc4-c4ccccc4)c4cc(C(C)(C)C)cc2c43)c(-c2ccccc2)c1. The van der Waals surface area contributed by atoms with Gasteiger partial charge in [0.2, 0.25) is 0 Å². The summed E-state index contributed by atoms with van der Waals surface area (Å²) in [6, 6.07) is 112. The van der Waals surface area contributed by atoms with Gasteiger partial charge in [-0.15, -0.1) is 0 Å². The topological polar surface area (TPSA) is 11.4 Å². The van der Waals surface area contributed by atoms with Crippen molar-refractivity contribution in [3.05, 3.63) is 314 Å². The molecule has 4 heteroatoms. The van der Waals surface area contributed by atoms with Gasteiger partial charge in [0, 0.05) is 61.5 Å². The molecule has 454 valence electrons. The average molecular weight is 1210 g/mol. The van der Waals surface area contributed by atoms with Crippen LogP contribution in [0.4, 0.5) is 34.1 Å². The van der Waals surface area contributed by atoms with Gasteiger partial charge in [-0.05, 0) is 173 Å². The molecule has 0 amide bonds. The molecule has 0 N–H and O–H groups in total. The van der Waals surface area contributed by atoms with Crippen LogP contribution in [0.2, 0.25) is 0 Å². The highest BCUT2D eigenvalue weighted by atomic mass is 15.2. The molecular formula is C90H76BN3. The summed E-state index contributed by atoms with van der Waals surface area (Å²) in [6.45, 7) is 21.1. The van der Waals surface area contributed by atoms with E-state index < -0.39 is 0 Å². The minimum atomic E-state index is -0.279. The molecule has 3 nitrogen and oxygen atoms in total. The smallest absolute Gasteiger partial charge is 0.252 e. The zero-order valence-electron chi connectivity index (χ0n) is 55.2. The number of nitrogens with zero attached hydrogens (tertiary/aromatic N) is 3. The standard InChI is InChI=1S/C90H76BN3/c1-88(2,3)67-52-71(61-34-20-12-21-35-61)86(72(53-67)62-36-22-13-23-37-62)93-81-43-29-28-42-77(81)91-78-47-46-70(92-79-48-44-65(59-30-16-10-17-31-59)50-75(79)76-51-66(45-49-80(76)92)60-32-18-11-19-33-60)58-82(78)94(84-57-69(90(7,8)9)56-83(93)85(84)91)87-73(63-38-24-14-25-39-63)54-68(89(4,5)6)55-74(87)64-40-26-15-27-41-64/h10-58H,1-9H3. The monoisotopic (exact) mass is 1210 g/mol. The summed E-state index contributed by atoms with van der Waals surface area (Å²) >= 11 is 0. The minimum Gasteiger partial charge on any atom is -0.310 e. The summed E-state index contributed by atoms with van der Waals surface area (Å²) in [6.07, 6.45) is 0. The van der Waals surface area contributed by atoms with Crippen LogP contribution in [0.25, 0.3) is 94.3 Å². The predicted molar refractivity (Wildman–Crippen MR) is 404 cm³/mol. The number of fused-ring (bicyclic) bond motifs is 7. The van der Waals surface area contributed by atoms with Gasteiger partial charge >= 0.3 is 0 Å². The third kappa shape index (κ3) is 9.98. The average Bonchev–Trinajstić information content (AvgIpc) is 0.729. The van der Waals surface area contributed by atoms with Crippen molar-refractivity contribution in [3.8, 4) is 72.4 Å². The van der Waals surface area contributed by atoms with Crippen LogP contribution in [0.5, 0.6) is 0 Å². The molecule has 0 unspecified atom stereocenters. The molecule has 14 aromatic rings. The van der Waals surface area contributed by atoms with Crippen LogP contribution < -0.4 is 26.2 Å². The Balaban J connectivity index is 1.06. The van der Waals surface area contributed by atoms with Gasteiger partial charge in [0.15, 0.2) is 0 Å². The van der Waals surface area contributed by atoms with Crippen molar-refractivity contribution < 1.29 is 0 Å². The Hall–Kier alpha value is -10.7. The number of para-hydroxylation sites is 1. The van der Waals surface area contributed by atoms with E-state index in [0.29, 0.717) is 0 Å². The first-order valence-corrected chi connectivity index (χ1v) is 33.3. The molecule has 0 aliphatic carbocycles. The predicted octanol–water partition coefficient (Wildman–Crippen LogP) is 22.8. The van der Waals surface area contributed by atoms with Crippen LogP contribution >= 0.6 is 0 Å². The fraction of sp³-hybridized carbons (Fsp3) is 0.133. The Bertz CT molecular complexity index is 5010. The zero-order chi connectivity index (χ0) is 64.2. The Morgan fingerprint density at radius 2 is 0.585 bits per heavy atom. The van der Waals surface area contributed by atoms with E-state index in [4.69, 9.17) is 0 Å². The van der Waals surface area contributed by atoms with Gasteiger partial charge in [-0.25, -0.2) is 0 Å². The lowest BCUT2D eigenvalue weighted by molar-refractivity contribution is 0.590. The molecule has 0 bridgehead atoms. The van der Waals surface area contributed by atoms with Crippen LogP contribution in [-0.4, -0.2) is 11.3 Å². The van der Waals surface area contributed by atoms with Crippen molar-refractivity contribution in [3.63, 3.8) is 0 Å². The molecule has 0 saturated heterocycles. The number of aromatic nitrogens is 1. The lowest BCUT2D eigenvalue weighted by Gasteiger charge is -2.46. The maximum absolute atomic E-state index is 2.72. The first-order valence-electron chi connectivity index (χ1n) is 33.3. The van der Waals surface area contributed by atoms with Gasteiger partial charge in [-0.3, -0.25) is 0 Å². The number of anilines is 6. The summed E-state index contributed by atoms with van der Waals surface area (Å²) in [5.74, 6) is 0. The molecule has 94 heavy (non-hydrogen) atoms. The maximum Gasteiger partial charge on any atom is 0.252 e. The largest absolute Gasteiger partial charge is 0.310 e. The molecule has 16 rings (SSSR count). The second-order valence-electron chi connectivity index (χ2n) is 28.9. The van der Waals surface area contributed by atoms with Crippen molar-refractivity contribution in [2.75, 3.05) is 9.80 Å². The summed E-state index contributed by atoms with van der Waals surface area (Å²) in [5, 5.41) is 2.43. The van der Waals surface area contributed by atoms with Crippen LogP contribution in [0.3, 0.4) is 0 Å². The molecular weight excluding hydrogens is 1130 g/mol. The third-order valence-corrected chi connectivity index (χ3v) is 19.8. The van der Waals surface area contributed by atoms with Crippen LogP contribution in [0.15, 0.2) is 297 Å². The lowest BCUT2D eigenvalue weighted by atomic mass is 9.33. The van der Waals surface area contributed by atoms with Gasteiger partial charge in [0.1, 0.15) is 0 Å². The lowest BCUT2D eigenvalue weighted by Crippen LogP contribution is -2.61. The van der Waals surface area contributed by atoms with Crippen molar-refractivity contribution in [1.82, 2.24) is 4.57 Å². The first-order chi connectivity index (χ1) is 45.5. The molecule has 0 spiro atoms. The van der Waals surface area contributed by atoms with Crippen molar-refractivity contribution in [2.45, 2.75) is 78.6 Å². The Labute approximate surface area is 555 Å². The number of rotatable bonds is 9. The van der Waals surface area contributed by atoms with E-state index in [-0.39, 0.29) is 23.0 Å². The van der Waals surface area contributed by atoms with E-state index in [1.807, 2.05) is 0 Å². The molecule has 1 aromatic heterocycles. The first kappa shape index (κ1) is 58.4. The normalized spacial score (nSPS) is 12.9. The second kappa shape index (κ2) is 22.6.